The van der Waals surface area contributed by atoms with Crippen molar-refractivity contribution in [2.75, 3.05) is 11.9 Å². The van der Waals surface area contributed by atoms with Gasteiger partial charge in [-0.15, -0.1) is 0 Å². The summed E-state index contributed by atoms with van der Waals surface area (Å²) in [6.07, 6.45) is -2.34. The van der Waals surface area contributed by atoms with Crippen molar-refractivity contribution in [1.82, 2.24) is 0 Å². The van der Waals surface area contributed by atoms with Gasteiger partial charge in [0.25, 0.3) is 0 Å². The first-order valence-corrected chi connectivity index (χ1v) is 5.38. The second kappa shape index (κ2) is 4.88. The van der Waals surface area contributed by atoms with Crippen molar-refractivity contribution in [1.29, 1.82) is 0 Å². The molecule has 0 amide bonds. The van der Waals surface area contributed by atoms with Gasteiger partial charge >= 0.3 is 11.9 Å². The molecule has 1 aliphatic heterocycles. The van der Waals surface area contributed by atoms with E-state index >= 15 is 0 Å². The zero-order chi connectivity index (χ0) is 15.1. The van der Waals surface area contributed by atoms with Crippen LogP contribution in [0.4, 0.5) is 32.0 Å². The van der Waals surface area contributed by atoms with Gasteiger partial charge in [0.1, 0.15) is 11.8 Å². The minimum atomic E-state index is -3.68. The van der Waals surface area contributed by atoms with E-state index in [0.29, 0.717) is 0 Å². The van der Waals surface area contributed by atoms with E-state index in [1.54, 1.807) is 0 Å². The third-order valence-electron chi connectivity index (χ3n) is 2.67. The standard InChI is InChI=1S/C11H7F6NO2/c12-5-1-6(13)8(15)9(7(5)14)18-3-4-2-11(16,17)10(19)20-4/h1,4,18H,2-3H2. The fraction of sp³-hybridized carbons (Fsp3) is 0.364. The molecule has 1 unspecified atom stereocenters. The van der Waals surface area contributed by atoms with Crippen molar-refractivity contribution in [3.63, 3.8) is 0 Å². The Hall–Kier alpha value is -1.93. The number of anilines is 1. The van der Waals surface area contributed by atoms with Gasteiger partial charge in [0.2, 0.25) is 0 Å². The Morgan fingerprint density at radius 3 is 2.20 bits per heavy atom. The summed E-state index contributed by atoms with van der Waals surface area (Å²) in [4.78, 5) is 10.7. The highest BCUT2D eigenvalue weighted by Gasteiger charge is 2.50. The molecule has 2 rings (SSSR count). The lowest BCUT2D eigenvalue weighted by Crippen LogP contribution is -2.22. The number of carbonyl (C=O) groups excluding carboxylic acids is 1. The number of rotatable bonds is 3. The molecule has 1 aliphatic rings. The average Bonchev–Trinajstić information content (AvgIpc) is 2.61. The largest absolute Gasteiger partial charge is 0.456 e. The molecule has 1 atom stereocenters. The maximum atomic E-state index is 13.2. The van der Waals surface area contributed by atoms with E-state index in [0.717, 1.165) is 0 Å². The first-order valence-electron chi connectivity index (χ1n) is 5.38. The smallest absolute Gasteiger partial charge is 0.377 e. The Morgan fingerprint density at radius 2 is 1.75 bits per heavy atom. The molecule has 1 aromatic rings. The van der Waals surface area contributed by atoms with Crippen molar-refractivity contribution < 1.29 is 35.9 Å². The quantitative estimate of drug-likeness (QED) is 0.530. The SMILES string of the molecule is O=C1OC(CNc2c(F)c(F)cc(F)c2F)CC1(F)F. The van der Waals surface area contributed by atoms with Gasteiger partial charge in [-0.25, -0.2) is 22.4 Å². The van der Waals surface area contributed by atoms with Crippen LogP contribution in [0, 0.1) is 23.3 Å². The molecular formula is C11H7F6NO2. The second-order valence-corrected chi connectivity index (χ2v) is 4.16. The Morgan fingerprint density at radius 1 is 1.20 bits per heavy atom. The minimum Gasteiger partial charge on any atom is -0.456 e. The molecule has 9 heteroatoms. The topological polar surface area (TPSA) is 38.3 Å². The molecule has 0 spiro atoms. The van der Waals surface area contributed by atoms with E-state index in [9.17, 15) is 31.1 Å². The van der Waals surface area contributed by atoms with Crippen LogP contribution in [0.15, 0.2) is 6.07 Å². The lowest BCUT2D eigenvalue weighted by molar-refractivity contribution is -0.158. The zero-order valence-corrected chi connectivity index (χ0v) is 9.65. The zero-order valence-electron chi connectivity index (χ0n) is 9.65. The van der Waals surface area contributed by atoms with Crippen molar-refractivity contribution in [3.05, 3.63) is 29.3 Å². The van der Waals surface area contributed by atoms with Gasteiger partial charge in [-0.1, -0.05) is 0 Å². The van der Waals surface area contributed by atoms with Gasteiger partial charge in [-0.05, 0) is 0 Å². The molecule has 0 aliphatic carbocycles. The first kappa shape index (κ1) is 14.5. The van der Waals surface area contributed by atoms with Crippen LogP contribution in [0.1, 0.15) is 6.42 Å². The molecule has 1 aromatic carbocycles. The molecule has 3 nitrogen and oxygen atoms in total. The van der Waals surface area contributed by atoms with E-state index in [4.69, 9.17) is 0 Å². The number of cyclic esters (lactones) is 1. The molecule has 0 bridgehead atoms. The number of benzene rings is 1. The van der Waals surface area contributed by atoms with Crippen LogP contribution < -0.4 is 5.32 Å². The molecular weight excluding hydrogens is 292 g/mol. The molecule has 20 heavy (non-hydrogen) atoms. The highest BCUT2D eigenvalue weighted by atomic mass is 19.3. The molecule has 0 aromatic heterocycles. The molecule has 1 N–H and O–H groups in total. The highest BCUT2D eigenvalue weighted by Crippen LogP contribution is 2.31. The second-order valence-electron chi connectivity index (χ2n) is 4.16. The van der Waals surface area contributed by atoms with Crippen LogP contribution in [0.25, 0.3) is 0 Å². The summed E-state index contributed by atoms with van der Waals surface area (Å²) in [5, 5.41) is 1.92. The van der Waals surface area contributed by atoms with E-state index in [1.165, 1.54) is 0 Å². The summed E-state index contributed by atoms with van der Waals surface area (Å²) < 4.78 is 82.2. The number of alkyl halides is 2. The predicted molar refractivity (Wildman–Crippen MR) is 54.2 cm³/mol. The Balaban J connectivity index is 2.11. The van der Waals surface area contributed by atoms with Crippen LogP contribution in [-0.4, -0.2) is 24.5 Å². The first-order chi connectivity index (χ1) is 9.22. The molecule has 0 saturated carbocycles. The summed E-state index contributed by atoms with van der Waals surface area (Å²) in [6.45, 7) is -0.613. The maximum absolute atomic E-state index is 13.2. The number of halogens is 6. The Bertz CT molecular complexity index is 536. The van der Waals surface area contributed by atoms with Gasteiger partial charge in [-0.2, -0.15) is 8.78 Å². The van der Waals surface area contributed by atoms with Crippen LogP contribution in [0.3, 0.4) is 0 Å². The lowest BCUT2D eigenvalue weighted by atomic mass is 10.2. The van der Waals surface area contributed by atoms with E-state index in [2.05, 4.69) is 4.74 Å². The molecule has 1 heterocycles. The van der Waals surface area contributed by atoms with E-state index in [1.807, 2.05) is 5.32 Å². The van der Waals surface area contributed by atoms with Crippen molar-refractivity contribution in [3.8, 4) is 0 Å². The highest BCUT2D eigenvalue weighted by molar-refractivity contribution is 5.79. The number of hydrogen-bond donors (Lipinski definition) is 1. The summed E-state index contributed by atoms with van der Waals surface area (Å²) in [7, 11) is 0. The summed E-state index contributed by atoms with van der Waals surface area (Å²) in [6, 6.07) is 0.0135. The summed E-state index contributed by atoms with van der Waals surface area (Å²) >= 11 is 0. The summed E-state index contributed by atoms with van der Waals surface area (Å²) in [5.74, 6) is -12.1. The van der Waals surface area contributed by atoms with Crippen molar-refractivity contribution in [2.24, 2.45) is 0 Å². The number of ether oxygens (including phenoxy) is 1. The fourth-order valence-electron chi connectivity index (χ4n) is 1.71. The van der Waals surface area contributed by atoms with E-state index in [-0.39, 0.29) is 6.07 Å². The monoisotopic (exact) mass is 299 g/mol. The molecule has 0 radical (unpaired) electrons. The Kier molecular flexibility index (Phi) is 3.53. The third kappa shape index (κ3) is 2.52. The number of hydrogen-bond acceptors (Lipinski definition) is 3. The predicted octanol–water partition coefficient (Wildman–Crippen LogP) is 2.61. The summed E-state index contributed by atoms with van der Waals surface area (Å²) in [5.41, 5.74) is -1.14. The average molecular weight is 299 g/mol. The van der Waals surface area contributed by atoms with Gasteiger partial charge < -0.3 is 10.1 Å². The molecule has 110 valence electrons. The number of esters is 1. The number of nitrogens with one attached hydrogen (secondary N) is 1. The number of carbonyl (C=O) groups is 1. The Labute approximate surface area is 108 Å². The van der Waals surface area contributed by atoms with Gasteiger partial charge in [0, 0.05) is 6.07 Å². The molecule has 1 saturated heterocycles. The van der Waals surface area contributed by atoms with Crippen molar-refractivity contribution in [2.45, 2.75) is 18.4 Å². The van der Waals surface area contributed by atoms with Gasteiger partial charge in [-0.3, -0.25) is 0 Å². The van der Waals surface area contributed by atoms with Crippen LogP contribution >= 0.6 is 0 Å². The normalized spacial score (nSPS) is 20.9. The van der Waals surface area contributed by atoms with Crippen LogP contribution in [0.5, 0.6) is 0 Å². The lowest BCUT2D eigenvalue weighted by Gasteiger charge is -2.13. The van der Waals surface area contributed by atoms with Crippen LogP contribution in [0.2, 0.25) is 0 Å². The van der Waals surface area contributed by atoms with E-state index < -0.39 is 59.9 Å². The maximum Gasteiger partial charge on any atom is 0.377 e. The van der Waals surface area contributed by atoms with Crippen LogP contribution in [-0.2, 0) is 9.53 Å². The fourth-order valence-corrected chi connectivity index (χ4v) is 1.71. The minimum absolute atomic E-state index is 0.0135. The van der Waals surface area contributed by atoms with Gasteiger partial charge in [0.05, 0.1) is 13.0 Å². The van der Waals surface area contributed by atoms with Crippen molar-refractivity contribution >= 4 is 11.7 Å². The molecule has 1 fully saturated rings. The van der Waals surface area contributed by atoms with Gasteiger partial charge in [0.15, 0.2) is 23.3 Å². The third-order valence-corrected chi connectivity index (χ3v) is 2.67.